The molecule has 0 saturated heterocycles. The maximum atomic E-state index is 14.0. The molecule has 0 saturated carbocycles. The van der Waals surface area contributed by atoms with Crippen LogP contribution in [0.1, 0.15) is 142 Å². The predicted molar refractivity (Wildman–Crippen MR) is 234 cm³/mol. The Labute approximate surface area is 339 Å². The number of rotatable bonds is 13. The van der Waals surface area contributed by atoms with E-state index in [2.05, 4.69) is 38.2 Å². The highest BCUT2D eigenvalue weighted by atomic mass is 19.3. The summed E-state index contributed by atoms with van der Waals surface area (Å²) in [5.41, 5.74) is 6.18. The van der Waals surface area contributed by atoms with Crippen LogP contribution in [-0.4, -0.2) is 33.4 Å². The molecule has 1 unspecified atom stereocenters. The molecule has 6 nitrogen and oxygen atoms in total. The van der Waals surface area contributed by atoms with Gasteiger partial charge in [0.15, 0.2) is 5.78 Å². The third kappa shape index (κ3) is 17.9. The van der Waals surface area contributed by atoms with E-state index >= 15 is 0 Å². The third-order valence-corrected chi connectivity index (χ3v) is 8.82. The van der Waals surface area contributed by atoms with Crippen molar-refractivity contribution >= 4 is 33.9 Å². The van der Waals surface area contributed by atoms with Gasteiger partial charge >= 0.3 is 5.97 Å². The number of pyridine rings is 1. The number of nitrogens with zero attached hydrogens (tertiary/aromatic N) is 1. The van der Waals surface area contributed by atoms with Gasteiger partial charge in [-0.1, -0.05) is 77.5 Å². The summed E-state index contributed by atoms with van der Waals surface area (Å²) in [7, 11) is 1.75. The number of carbonyl (C=O) groups excluding carboxylic acids is 1. The fourth-order valence-corrected chi connectivity index (χ4v) is 5.43. The van der Waals surface area contributed by atoms with Crippen molar-refractivity contribution in [1.82, 2.24) is 4.57 Å². The van der Waals surface area contributed by atoms with Crippen molar-refractivity contribution in [3.63, 3.8) is 0 Å². The molecular formula is C47H68F4N2O4. The van der Waals surface area contributed by atoms with E-state index in [1.54, 1.807) is 31.5 Å². The van der Waals surface area contributed by atoms with Crippen LogP contribution in [0.5, 0.6) is 0 Å². The largest absolute Gasteiger partial charge is 0.481 e. The summed E-state index contributed by atoms with van der Waals surface area (Å²) in [4.78, 5) is 34.4. The second-order valence-electron chi connectivity index (χ2n) is 13.7. The summed E-state index contributed by atoms with van der Waals surface area (Å²) < 4.78 is 55.7. The summed E-state index contributed by atoms with van der Waals surface area (Å²) in [6, 6.07) is 6.08. The van der Waals surface area contributed by atoms with E-state index < -0.39 is 23.8 Å². The number of nitrogens with one attached hydrogen (secondary N) is 1. The maximum Gasteiger partial charge on any atom is 0.303 e. The Kier molecular flexibility index (Phi) is 25.8. The van der Waals surface area contributed by atoms with Gasteiger partial charge < -0.3 is 15.0 Å². The number of benzene rings is 2. The van der Waals surface area contributed by atoms with Crippen molar-refractivity contribution < 1.29 is 32.3 Å². The highest BCUT2D eigenvalue weighted by molar-refractivity contribution is 5.98. The zero-order chi connectivity index (χ0) is 43.3. The molecule has 0 aliphatic carbocycles. The molecule has 3 rings (SSSR count). The number of fused-ring (bicyclic) bond motifs is 1. The first-order chi connectivity index (χ1) is 26.2. The molecule has 2 N–H and O–H groups in total. The molecule has 0 amide bonds. The van der Waals surface area contributed by atoms with Crippen molar-refractivity contribution in [3.8, 4) is 0 Å². The number of aliphatic carboxylic acids is 1. The topological polar surface area (TPSA) is 88.4 Å². The number of anilines is 1. The van der Waals surface area contributed by atoms with Crippen LogP contribution in [0.15, 0.2) is 76.7 Å². The molecule has 1 atom stereocenters. The number of halogens is 4. The lowest BCUT2D eigenvalue weighted by Gasteiger charge is -2.22. The smallest absolute Gasteiger partial charge is 0.303 e. The van der Waals surface area contributed by atoms with E-state index in [-0.39, 0.29) is 48.7 Å². The minimum absolute atomic E-state index is 0. The number of carboxylic acids is 1. The first-order valence-electron chi connectivity index (χ1n) is 19.3. The number of alkyl halides is 2. The van der Waals surface area contributed by atoms with Crippen LogP contribution in [0.3, 0.4) is 0 Å². The quantitative estimate of drug-likeness (QED) is 0.0778. The fraction of sp³-hybridized carbons (Fsp3) is 0.468. The Hall–Kier alpha value is -4.73. The Morgan fingerprint density at radius 2 is 1.49 bits per heavy atom. The van der Waals surface area contributed by atoms with E-state index in [1.807, 2.05) is 52.8 Å². The molecule has 3 aromatic rings. The number of aryl methyl sites for hydroxylation is 3. The minimum Gasteiger partial charge on any atom is -0.481 e. The molecule has 0 aliphatic rings. The van der Waals surface area contributed by atoms with Gasteiger partial charge in [-0.05, 0) is 120 Å². The van der Waals surface area contributed by atoms with Crippen LogP contribution in [0, 0.1) is 25.5 Å². The van der Waals surface area contributed by atoms with Crippen molar-refractivity contribution in [2.45, 2.75) is 141 Å². The van der Waals surface area contributed by atoms with Crippen molar-refractivity contribution in [2.75, 3.05) is 5.32 Å². The molecule has 0 bridgehead atoms. The van der Waals surface area contributed by atoms with E-state index in [0.29, 0.717) is 17.5 Å². The van der Waals surface area contributed by atoms with Crippen LogP contribution in [0.2, 0.25) is 0 Å². The third-order valence-electron chi connectivity index (χ3n) is 8.82. The average molecular weight is 801 g/mol. The number of hydrogen-bond acceptors (Lipinski definition) is 4. The van der Waals surface area contributed by atoms with Gasteiger partial charge in [-0.15, -0.1) is 0 Å². The normalized spacial score (nSPS) is 12.3. The number of aromatic nitrogens is 1. The number of carboxylic acid groups (broad SMARTS) is 1. The minimum atomic E-state index is -2.92. The fourth-order valence-electron chi connectivity index (χ4n) is 5.43. The highest BCUT2D eigenvalue weighted by Crippen LogP contribution is 2.29. The maximum absolute atomic E-state index is 14.0. The number of allylic oxidation sites excluding steroid dienone is 8. The molecule has 0 radical (unpaired) electrons. The monoisotopic (exact) mass is 801 g/mol. The van der Waals surface area contributed by atoms with Gasteiger partial charge in [-0.3, -0.25) is 14.4 Å². The van der Waals surface area contributed by atoms with Gasteiger partial charge in [-0.25, -0.2) is 17.6 Å². The van der Waals surface area contributed by atoms with Crippen LogP contribution in [-0.2, 0) is 11.8 Å². The van der Waals surface area contributed by atoms with E-state index in [9.17, 15) is 31.9 Å². The van der Waals surface area contributed by atoms with Gasteiger partial charge in [0.2, 0.25) is 0 Å². The van der Waals surface area contributed by atoms with E-state index in [4.69, 9.17) is 5.11 Å². The Balaban J connectivity index is 0. The molecule has 0 spiro atoms. The Morgan fingerprint density at radius 1 is 0.930 bits per heavy atom. The SMILES string of the molecule is C.C/C=C\C.CCC(=O)O.CCCC(=O)c1c(C)cc(NC(C)C(C)(F)F)cc1F.CC\C=C(C)/C(=C\C=C(\C)CCC)c1c(C)c2cc(F)ccc2n(C)c1=O. The van der Waals surface area contributed by atoms with Gasteiger partial charge in [0, 0.05) is 37.9 Å². The summed E-state index contributed by atoms with van der Waals surface area (Å²) in [6.45, 7) is 21.5. The summed E-state index contributed by atoms with van der Waals surface area (Å²) >= 11 is 0. The molecule has 57 heavy (non-hydrogen) atoms. The molecule has 1 heterocycles. The van der Waals surface area contributed by atoms with Crippen LogP contribution >= 0.6 is 0 Å². The number of ketones is 1. The second-order valence-corrected chi connectivity index (χ2v) is 13.7. The number of Topliss-reactive ketones (excluding diaryl/α,β-unsaturated/α-hetero) is 1. The van der Waals surface area contributed by atoms with Crippen LogP contribution in [0.4, 0.5) is 23.2 Å². The summed E-state index contributed by atoms with van der Waals surface area (Å²) in [5, 5.41) is 11.1. The summed E-state index contributed by atoms with van der Waals surface area (Å²) in [5.74, 6) is -4.88. The first-order valence-corrected chi connectivity index (χ1v) is 19.3. The molecular weight excluding hydrogens is 733 g/mol. The van der Waals surface area contributed by atoms with Crippen LogP contribution in [0.25, 0.3) is 16.5 Å². The lowest BCUT2D eigenvalue weighted by Crippen LogP contribution is -2.34. The average Bonchev–Trinajstić information content (AvgIpc) is 3.12. The van der Waals surface area contributed by atoms with Crippen LogP contribution < -0.4 is 10.9 Å². The molecule has 0 fully saturated rings. The lowest BCUT2D eigenvalue weighted by molar-refractivity contribution is -0.136. The van der Waals surface area contributed by atoms with Gasteiger partial charge in [0.25, 0.3) is 11.5 Å². The molecule has 1 aromatic heterocycles. The van der Waals surface area contributed by atoms with Gasteiger partial charge in [-0.2, -0.15) is 0 Å². The number of carbonyl (C=O) groups is 2. The zero-order valence-corrected chi connectivity index (χ0v) is 35.7. The highest BCUT2D eigenvalue weighted by Gasteiger charge is 2.30. The Bertz CT molecular complexity index is 1900. The van der Waals surface area contributed by atoms with Crippen molar-refractivity contribution in [1.29, 1.82) is 0 Å². The standard InChI is InChI=1S/C24H30FNO.C15H20F3NO.C4H8.C3H6O2.CH4/c1-7-9-16(3)11-13-20(17(4)10-8-2)23-18(5)21-15-19(25)12-14-22(21)26(6)24(23)27;1-5-6-13(20)14-9(2)7-11(8-12(14)16)19-10(3)15(4,17)18;1-3-4-2;1-2-3(4)5;/h10-15H,7-9H2,1-6H3;7-8,10,19H,5-6H2,1-4H3;3-4H,1-2H3;2H2,1H3,(H,4,5);1H4/b16-11-,17-10-,20-13+;;4-3-;;. The molecule has 2 aromatic carbocycles. The molecule has 0 aliphatic heterocycles. The molecule has 10 heteroatoms. The summed E-state index contributed by atoms with van der Waals surface area (Å²) in [6.07, 6.45) is 14.4. The Morgan fingerprint density at radius 3 is 1.95 bits per heavy atom. The molecule has 318 valence electrons. The van der Waals surface area contributed by atoms with E-state index in [1.165, 1.54) is 30.7 Å². The predicted octanol–water partition coefficient (Wildman–Crippen LogP) is 13.7. The van der Waals surface area contributed by atoms with E-state index in [0.717, 1.165) is 59.9 Å². The second kappa shape index (κ2) is 27.0. The number of hydrogen-bond donors (Lipinski definition) is 2. The van der Waals surface area contributed by atoms with Crippen molar-refractivity contribution in [2.24, 2.45) is 7.05 Å². The lowest BCUT2D eigenvalue weighted by atomic mass is 9.92. The van der Waals surface area contributed by atoms with Gasteiger partial charge in [0.1, 0.15) is 11.6 Å². The van der Waals surface area contributed by atoms with Gasteiger partial charge in [0.05, 0.1) is 22.7 Å². The zero-order valence-electron chi connectivity index (χ0n) is 35.7. The van der Waals surface area contributed by atoms with Crippen molar-refractivity contribution in [3.05, 3.63) is 116 Å². The first kappa shape index (κ1) is 54.4.